The van der Waals surface area contributed by atoms with Gasteiger partial charge < -0.3 is 14.4 Å². The number of nitrogens with zero attached hydrogens (tertiary/aromatic N) is 2. The zero-order valence-corrected chi connectivity index (χ0v) is 18.8. The Morgan fingerprint density at radius 1 is 1.00 bits per heavy atom. The topological polar surface area (TPSA) is 76.2 Å². The molecule has 0 bridgehead atoms. The van der Waals surface area contributed by atoms with E-state index in [-0.39, 0.29) is 18.4 Å². The molecule has 0 aliphatic carbocycles. The van der Waals surface area contributed by atoms with Crippen LogP contribution in [-0.4, -0.2) is 55.6 Å². The number of carbonyl (C=O) groups excluding carboxylic acids is 3. The van der Waals surface area contributed by atoms with Gasteiger partial charge in [-0.1, -0.05) is 29.5 Å². The number of aryl methyl sites for hydroxylation is 1. The van der Waals surface area contributed by atoms with Gasteiger partial charge in [0.2, 0.25) is 0 Å². The van der Waals surface area contributed by atoms with Crippen molar-refractivity contribution in [1.82, 2.24) is 4.90 Å². The lowest BCUT2D eigenvalue weighted by Gasteiger charge is -2.29. The van der Waals surface area contributed by atoms with Gasteiger partial charge in [0, 0.05) is 18.0 Å². The Hall–Kier alpha value is -3.10. The lowest BCUT2D eigenvalue weighted by Crippen LogP contribution is -2.40. The molecule has 0 saturated carbocycles. The fourth-order valence-electron chi connectivity index (χ4n) is 3.58. The fourth-order valence-corrected chi connectivity index (χ4v) is 4.58. The molecule has 0 N–H and O–H groups in total. The summed E-state index contributed by atoms with van der Waals surface area (Å²) in [5.41, 5.74) is 2.30. The zero-order valence-electron chi connectivity index (χ0n) is 18.0. The molecule has 2 amide bonds. The minimum atomic E-state index is -0.444. The molecule has 7 nitrogen and oxygen atoms in total. The Balaban J connectivity index is 1.66. The Morgan fingerprint density at radius 2 is 1.66 bits per heavy atom. The highest BCUT2D eigenvalue weighted by Gasteiger charge is 2.42. The van der Waals surface area contributed by atoms with Crippen LogP contribution in [0.5, 0.6) is 0 Å². The molecule has 0 radical (unpaired) electrons. The van der Waals surface area contributed by atoms with E-state index < -0.39 is 5.97 Å². The van der Waals surface area contributed by atoms with Crippen molar-refractivity contribution in [2.75, 3.05) is 37.8 Å². The number of anilines is 1. The van der Waals surface area contributed by atoms with E-state index in [0.717, 1.165) is 10.5 Å². The summed E-state index contributed by atoms with van der Waals surface area (Å²) in [5, 5.41) is 0. The largest absolute Gasteiger partial charge is 0.462 e. The maximum Gasteiger partial charge on any atom is 0.338 e. The average Bonchev–Trinajstić information content (AvgIpc) is 3.05. The van der Waals surface area contributed by atoms with Crippen molar-refractivity contribution in [2.45, 2.75) is 18.7 Å². The van der Waals surface area contributed by atoms with Crippen LogP contribution in [0.1, 0.15) is 22.8 Å². The summed E-state index contributed by atoms with van der Waals surface area (Å²) in [6.45, 7) is 6.10. The van der Waals surface area contributed by atoms with Crippen molar-refractivity contribution in [3.05, 3.63) is 70.3 Å². The third-order valence-corrected chi connectivity index (χ3v) is 6.30. The summed E-state index contributed by atoms with van der Waals surface area (Å²) in [5.74, 6) is -1.18. The molecule has 2 aromatic rings. The van der Waals surface area contributed by atoms with Gasteiger partial charge in [0.15, 0.2) is 0 Å². The van der Waals surface area contributed by atoms with E-state index >= 15 is 0 Å². The van der Waals surface area contributed by atoms with Gasteiger partial charge in [-0.2, -0.15) is 0 Å². The molecule has 2 aliphatic rings. The Bertz CT molecular complexity index is 1060. The summed E-state index contributed by atoms with van der Waals surface area (Å²) >= 11 is 1.30. The highest BCUT2D eigenvalue weighted by atomic mass is 32.2. The molecule has 0 unspecified atom stereocenters. The lowest BCUT2D eigenvalue weighted by atomic mass is 10.2. The first-order valence-electron chi connectivity index (χ1n) is 10.5. The molecule has 0 aromatic heterocycles. The van der Waals surface area contributed by atoms with Crippen LogP contribution < -0.4 is 4.90 Å². The van der Waals surface area contributed by atoms with Crippen LogP contribution >= 0.6 is 11.8 Å². The Morgan fingerprint density at radius 3 is 2.28 bits per heavy atom. The number of morpholine rings is 1. The van der Waals surface area contributed by atoms with Gasteiger partial charge >= 0.3 is 5.97 Å². The van der Waals surface area contributed by atoms with Gasteiger partial charge in [-0.3, -0.25) is 9.59 Å². The Kier molecular flexibility index (Phi) is 6.62. The second-order valence-corrected chi connectivity index (χ2v) is 8.49. The number of benzene rings is 2. The molecule has 0 atom stereocenters. The molecular weight excluding hydrogens is 428 g/mol. The van der Waals surface area contributed by atoms with E-state index in [9.17, 15) is 14.4 Å². The molecule has 2 aromatic carbocycles. The van der Waals surface area contributed by atoms with E-state index in [4.69, 9.17) is 9.47 Å². The third kappa shape index (κ3) is 4.42. The van der Waals surface area contributed by atoms with E-state index in [1.807, 2.05) is 36.1 Å². The van der Waals surface area contributed by atoms with Crippen LogP contribution in [0.2, 0.25) is 0 Å². The molecule has 2 heterocycles. The highest BCUT2D eigenvalue weighted by Crippen LogP contribution is 2.39. The number of thioether (sulfide) groups is 1. The molecule has 166 valence electrons. The van der Waals surface area contributed by atoms with Crippen molar-refractivity contribution < 1.29 is 23.9 Å². The summed E-state index contributed by atoms with van der Waals surface area (Å²) in [4.78, 5) is 43.2. The average molecular weight is 453 g/mol. The number of amides is 2. The second kappa shape index (κ2) is 9.58. The number of ether oxygens (including phenoxy) is 2. The summed E-state index contributed by atoms with van der Waals surface area (Å²) in [7, 11) is 0. The van der Waals surface area contributed by atoms with E-state index in [0.29, 0.717) is 48.2 Å². The molecule has 4 rings (SSSR count). The number of rotatable bonds is 6. The van der Waals surface area contributed by atoms with E-state index in [1.165, 1.54) is 16.7 Å². The van der Waals surface area contributed by atoms with Crippen molar-refractivity contribution in [3.8, 4) is 0 Å². The first-order valence-corrected chi connectivity index (χ1v) is 11.3. The normalized spacial score (nSPS) is 16.7. The number of hydrogen-bond acceptors (Lipinski definition) is 7. The fraction of sp³-hybridized carbons (Fsp3) is 0.292. The minimum absolute atomic E-state index is 0.274. The van der Waals surface area contributed by atoms with Crippen molar-refractivity contribution in [3.63, 3.8) is 0 Å². The first kappa shape index (κ1) is 22.1. The van der Waals surface area contributed by atoms with Gasteiger partial charge in [0.1, 0.15) is 10.6 Å². The summed E-state index contributed by atoms with van der Waals surface area (Å²) < 4.78 is 10.4. The minimum Gasteiger partial charge on any atom is -0.462 e. The Labute approximate surface area is 191 Å². The van der Waals surface area contributed by atoms with Crippen LogP contribution in [0, 0.1) is 6.92 Å². The van der Waals surface area contributed by atoms with Crippen LogP contribution in [0.25, 0.3) is 0 Å². The predicted molar refractivity (Wildman–Crippen MR) is 121 cm³/mol. The third-order valence-electron chi connectivity index (χ3n) is 5.22. The van der Waals surface area contributed by atoms with Gasteiger partial charge in [-0.05, 0) is 50.2 Å². The second-order valence-electron chi connectivity index (χ2n) is 7.41. The molecule has 32 heavy (non-hydrogen) atoms. The van der Waals surface area contributed by atoms with Gasteiger partial charge in [0.25, 0.3) is 11.8 Å². The van der Waals surface area contributed by atoms with Crippen LogP contribution in [0.4, 0.5) is 5.69 Å². The van der Waals surface area contributed by atoms with E-state index in [1.54, 1.807) is 31.2 Å². The van der Waals surface area contributed by atoms with Crippen molar-refractivity contribution in [1.29, 1.82) is 0 Å². The molecule has 2 aliphatic heterocycles. The highest BCUT2D eigenvalue weighted by molar-refractivity contribution is 8.04. The van der Waals surface area contributed by atoms with Gasteiger partial charge in [-0.25, -0.2) is 9.69 Å². The molecule has 0 spiro atoms. The first-order chi connectivity index (χ1) is 15.5. The SMILES string of the molecule is CCOC(=O)c1ccc(N2C(=O)C(Sc3ccc(C)cc3)=C(N3CCOCC3)C2=O)cc1. The predicted octanol–water partition coefficient (Wildman–Crippen LogP) is 3.38. The molecule has 8 heteroatoms. The maximum atomic E-state index is 13.5. The van der Waals surface area contributed by atoms with Crippen LogP contribution in [0.15, 0.2) is 64.0 Å². The monoisotopic (exact) mass is 452 g/mol. The zero-order chi connectivity index (χ0) is 22.7. The molecule has 1 saturated heterocycles. The summed E-state index contributed by atoms with van der Waals surface area (Å²) in [6.07, 6.45) is 0. The number of carbonyl (C=O) groups is 3. The number of esters is 1. The van der Waals surface area contributed by atoms with Crippen LogP contribution in [-0.2, 0) is 19.1 Å². The molecular formula is C24H24N2O5S. The number of hydrogen-bond donors (Lipinski definition) is 0. The maximum absolute atomic E-state index is 13.5. The van der Waals surface area contributed by atoms with Crippen molar-refractivity contribution in [2.24, 2.45) is 0 Å². The standard InChI is InChI=1S/C24H24N2O5S/c1-3-31-24(29)17-6-8-18(9-7-17)26-22(27)20(25-12-14-30-15-13-25)21(23(26)28)32-19-10-4-16(2)5-11-19/h4-11H,3,12-15H2,1-2H3. The van der Waals surface area contributed by atoms with Gasteiger partial charge in [0.05, 0.1) is 31.1 Å². The van der Waals surface area contributed by atoms with E-state index in [2.05, 4.69) is 0 Å². The lowest BCUT2D eigenvalue weighted by molar-refractivity contribution is -0.121. The van der Waals surface area contributed by atoms with Gasteiger partial charge in [-0.15, -0.1) is 0 Å². The van der Waals surface area contributed by atoms with Crippen LogP contribution in [0.3, 0.4) is 0 Å². The van der Waals surface area contributed by atoms with Crippen molar-refractivity contribution >= 4 is 35.2 Å². The smallest absolute Gasteiger partial charge is 0.338 e. The summed E-state index contributed by atoms with van der Waals surface area (Å²) in [6, 6.07) is 14.2. The quantitative estimate of drug-likeness (QED) is 0.491. The molecule has 1 fully saturated rings. The number of imide groups is 1.